The molecule has 0 spiro atoms. The van der Waals surface area contributed by atoms with Crippen molar-refractivity contribution < 1.29 is 49.6 Å². The Morgan fingerprint density at radius 2 is 1.77 bits per heavy atom. The highest BCUT2D eigenvalue weighted by Crippen LogP contribution is 2.32. The van der Waals surface area contributed by atoms with Crippen LogP contribution in [0.15, 0.2) is 75.5 Å². The number of halogens is 1. The summed E-state index contributed by atoms with van der Waals surface area (Å²) in [6.45, 7) is 2.62. The zero-order valence-corrected chi connectivity index (χ0v) is 31.7. The molecule has 0 aliphatic carbocycles. The Labute approximate surface area is 309 Å². The van der Waals surface area contributed by atoms with Crippen molar-refractivity contribution in [2.24, 2.45) is 5.14 Å². The molecule has 1 aliphatic heterocycles. The van der Waals surface area contributed by atoms with E-state index >= 15 is 0 Å². The molecule has 2 aromatic heterocycles. The maximum Gasteiger partial charge on any atom is 0.335 e. The van der Waals surface area contributed by atoms with Gasteiger partial charge in [0.2, 0.25) is 20.0 Å². The summed E-state index contributed by atoms with van der Waals surface area (Å²) in [6, 6.07) is 12.7. The number of rotatable bonds is 11. The zero-order valence-electron chi connectivity index (χ0n) is 27.7. The van der Waals surface area contributed by atoms with E-state index in [-0.39, 0.29) is 27.8 Å². The number of hydrogen-bond acceptors (Lipinski definition) is 11. The van der Waals surface area contributed by atoms with E-state index in [1.807, 2.05) is 22.1 Å². The van der Waals surface area contributed by atoms with Crippen LogP contribution in [0.3, 0.4) is 0 Å². The van der Waals surface area contributed by atoms with Crippen molar-refractivity contribution in [1.29, 1.82) is 0 Å². The van der Waals surface area contributed by atoms with Crippen molar-refractivity contribution in [3.05, 3.63) is 98.2 Å². The van der Waals surface area contributed by atoms with Gasteiger partial charge in [-0.3, -0.25) is 4.55 Å². The van der Waals surface area contributed by atoms with Gasteiger partial charge in [0, 0.05) is 29.8 Å². The Hall–Kier alpha value is -4.15. The van der Waals surface area contributed by atoms with Gasteiger partial charge < -0.3 is 20.1 Å². The summed E-state index contributed by atoms with van der Waals surface area (Å²) in [7, 11) is -11.5. The molecule has 0 atom stereocenters. The minimum Gasteiger partial charge on any atom is -0.478 e. The van der Waals surface area contributed by atoms with Crippen LogP contribution in [-0.4, -0.2) is 74.4 Å². The molecule has 0 saturated heterocycles. The van der Waals surface area contributed by atoms with Gasteiger partial charge in [-0.05, 0) is 53.8 Å². The number of sulfonamides is 2. The van der Waals surface area contributed by atoms with Gasteiger partial charge in [0.1, 0.15) is 15.6 Å². The van der Waals surface area contributed by atoms with Crippen molar-refractivity contribution >= 4 is 76.8 Å². The van der Waals surface area contributed by atoms with Gasteiger partial charge in [0.15, 0.2) is 0 Å². The number of nitrogens with zero attached hydrogens (tertiary/aromatic N) is 2. The monoisotopic (exact) mass is 817 g/mol. The molecule has 0 fully saturated rings. The number of carboxylic acids is 2. The number of benzene rings is 2. The molecule has 0 radical (unpaired) electrons. The lowest BCUT2D eigenvalue weighted by Gasteiger charge is -2.20. The minimum absolute atomic E-state index is 0.0143. The number of nitrogens with one attached hydrogen (secondary N) is 2. The quantitative estimate of drug-likeness (QED) is 0.0928. The number of aromatic nitrogens is 2. The van der Waals surface area contributed by atoms with Crippen molar-refractivity contribution in [2.75, 3.05) is 18.2 Å². The van der Waals surface area contributed by atoms with Gasteiger partial charge in [-0.1, -0.05) is 43.1 Å². The molecule has 16 nitrogen and oxygen atoms in total. The molecule has 5 rings (SSSR count). The first kappa shape index (κ1) is 42.3. The number of carboxylic acid groups (broad SMARTS) is 2. The number of nitrogens with two attached hydrogens (primary N) is 1. The largest absolute Gasteiger partial charge is 0.478 e. The van der Waals surface area contributed by atoms with E-state index in [2.05, 4.69) is 21.9 Å². The fourth-order valence-electron chi connectivity index (χ4n) is 4.58. The van der Waals surface area contributed by atoms with Crippen molar-refractivity contribution in [3.63, 3.8) is 0 Å². The second-order valence-corrected chi connectivity index (χ2v) is 17.3. The summed E-state index contributed by atoms with van der Waals surface area (Å²) < 4.78 is 75.8. The van der Waals surface area contributed by atoms with Crippen LogP contribution >= 0.6 is 22.9 Å². The van der Waals surface area contributed by atoms with Gasteiger partial charge in [-0.15, -0.1) is 11.3 Å². The first-order valence-electron chi connectivity index (χ1n) is 15.0. The number of carbonyl (C=O) groups is 2. The van der Waals surface area contributed by atoms with Gasteiger partial charge >= 0.3 is 11.9 Å². The first-order valence-corrected chi connectivity index (χ1v) is 21.2. The highest BCUT2D eigenvalue weighted by atomic mass is 35.5. The topological polar surface area (TPSA) is 265 Å². The summed E-state index contributed by atoms with van der Waals surface area (Å²) in [4.78, 5) is 27.8. The second kappa shape index (κ2) is 18.1. The molecular formula is C31H36ClN5O11S4. The average Bonchev–Trinajstić information content (AvgIpc) is 3.68. The standard InChI is InChI=1S/C23H24N2O4S.C7H8ClN3O4S2.CH4O3S/c1-2-3-6-21-24-14-19(12-18(23(28)29)13-20-5-4-11-30-20)25(21)15-16-7-9-17(10-8-16)22(26)27;8-4-1-5-7(2-6(4)16(9,12)13)17(14,15)11-3-10-5;1-5(2,3)4/h4-5,7-12,14H,2-3,6,13,15H2,1H3,(H,26,27)(H,28,29);1-2,10-11H,3H2,(H2,9,12,13);1H3,(H,2,3,4)/b18-12+;;. The van der Waals surface area contributed by atoms with Crippen molar-refractivity contribution in [3.8, 4) is 0 Å². The minimum atomic E-state index is -4.07. The Morgan fingerprint density at radius 1 is 1.12 bits per heavy atom. The van der Waals surface area contributed by atoms with Crippen LogP contribution in [0.4, 0.5) is 5.69 Å². The number of unbranched alkanes of at least 4 members (excludes halogenated alkanes) is 1. The molecule has 0 bridgehead atoms. The highest BCUT2D eigenvalue weighted by Gasteiger charge is 2.27. The SMILES string of the molecule is CCCCc1ncc(/C=C(\Cc2cccs2)C(=O)O)n1Cc1ccc(C(=O)O)cc1.CS(=O)(=O)O.NS(=O)(=O)c1cc2c(cc1Cl)NCNS2(=O)=O. The number of aromatic carboxylic acids is 1. The van der Waals surface area contributed by atoms with E-state index in [1.54, 1.807) is 36.5 Å². The predicted molar refractivity (Wildman–Crippen MR) is 196 cm³/mol. The van der Waals surface area contributed by atoms with E-state index in [1.165, 1.54) is 17.4 Å². The number of imidazole rings is 1. The summed E-state index contributed by atoms with van der Waals surface area (Å²) >= 11 is 7.26. The van der Waals surface area contributed by atoms with Gasteiger partial charge in [0.25, 0.3) is 10.1 Å². The Bertz CT molecular complexity index is 2250. The Balaban J connectivity index is 0.000000277. The van der Waals surface area contributed by atoms with Crippen LogP contribution in [0, 0.1) is 0 Å². The molecule has 3 heterocycles. The van der Waals surface area contributed by atoms with E-state index in [0.29, 0.717) is 24.8 Å². The second-order valence-electron chi connectivity index (χ2n) is 11.1. The predicted octanol–water partition coefficient (Wildman–Crippen LogP) is 3.90. The fraction of sp³-hybridized carbons (Fsp3) is 0.258. The van der Waals surface area contributed by atoms with Crippen LogP contribution in [0.1, 0.15) is 52.1 Å². The molecule has 1 aliphatic rings. The summed E-state index contributed by atoms with van der Waals surface area (Å²) in [5.74, 6) is -1.01. The van der Waals surface area contributed by atoms with Gasteiger partial charge in [0.05, 0.1) is 41.1 Å². The number of fused-ring (bicyclic) bond motifs is 1. The summed E-state index contributed by atoms with van der Waals surface area (Å²) in [5, 5.41) is 28.3. The third-order valence-corrected chi connectivity index (χ3v) is 10.7. The van der Waals surface area contributed by atoms with E-state index in [0.717, 1.165) is 47.3 Å². The molecule has 21 heteroatoms. The molecule has 282 valence electrons. The number of primary sulfonamides is 1. The Morgan fingerprint density at radius 3 is 2.31 bits per heavy atom. The molecule has 52 heavy (non-hydrogen) atoms. The maximum atomic E-state index is 11.8. The van der Waals surface area contributed by atoms with Crippen LogP contribution in [0.25, 0.3) is 6.08 Å². The molecule has 2 aromatic carbocycles. The third kappa shape index (κ3) is 12.8. The summed E-state index contributed by atoms with van der Waals surface area (Å²) in [5.41, 5.74) is 2.45. The number of thiophene rings is 1. The molecule has 7 N–H and O–H groups in total. The zero-order chi connectivity index (χ0) is 38.9. The van der Waals surface area contributed by atoms with Crippen LogP contribution in [-0.2, 0) is 54.3 Å². The van der Waals surface area contributed by atoms with Crippen LogP contribution in [0.2, 0.25) is 5.02 Å². The number of anilines is 1. The molecule has 0 unspecified atom stereocenters. The fourth-order valence-corrected chi connectivity index (χ4v) is 7.59. The number of aryl methyl sites for hydroxylation is 1. The van der Waals surface area contributed by atoms with E-state index < -0.39 is 47.0 Å². The molecular weight excluding hydrogens is 782 g/mol. The van der Waals surface area contributed by atoms with E-state index in [9.17, 15) is 39.9 Å². The Kier molecular flexibility index (Phi) is 14.7. The molecule has 0 amide bonds. The molecule has 0 saturated carbocycles. The highest BCUT2D eigenvalue weighted by molar-refractivity contribution is 7.90. The number of hydrogen-bond donors (Lipinski definition) is 6. The normalized spacial score (nSPS) is 13.8. The third-order valence-electron chi connectivity index (χ3n) is 6.98. The maximum absolute atomic E-state index is 11.8. The summed E-state index contributed by atoms with van der Waals surface area (Å²) in [6.07, 6.45) is 7.29. The molecule has 4 aromatic rings. The van der Waals surface area contributed by atoms with Gasteiger partial charge in [-0.25, -0.2) is 36.5 Å². The van der Waals surface area contributed by atoms with Crippen LogP contribution in [0.5, 0.6) is 0 Å². The van der Waals surface area contributed by atoms with Gasteiger partial charge in [-0.2, -0.15) is 13.1 Å². The van der Waals surface area contributed by atoms with Crippen molar-refractivity contribution in [2.45, 2.75) is 48.9 Å². The number of aliphatic carboxylic acids is 1. The lowest BCUT2D eigenvalue weighted by atomic mass is 10.1. The van der Waals surface area contributed by atoms with E-state index in [4.69, 9.17) is 26.4 Å². The first-order chi connectivity index (χ1) is 24.2. The average molecular weight is 818 g/mol. The van der Waals surface area contributed by atoms with Crippen LogP contribution < -0.4 is 15.2 Å². The van der Waals surface area contributed by atoms with Crippen molar-refractivity contribution in [1.82, 2.24) is 14.3 Å². The smallest absolute Gasteiger partial charge is 0.335 e. The lowest BCUT2D eigenvalue weighted by molar-refractivity contribution is -0.132. The lowest BCUT2D eigenvalue weighted by Crippen LogP contribution is -2.34.